The molecule has 2 fully saturated rings. The summed E-state index contributed by atoms with van der Waals surface area (Å²) in [4.78, 5) is 41.5. The van der Waals surface area contributed by atoms with Crippen molar-refractivity contribution in [3.8, 4) is 11.1 Å². The van der Waals surface area contributed by atoms with Gasteiger partial charge in [-0.05, 0) is 86.9 Å². The minimum absolute atomic E-state index is 0.0800. The van der Waals surface area contributed by atoms with Gasteiger partial charge in [-0.2, -0.15) is 0 Å². The zero-order valence-corrected chi connectivity index (χ0v) is 22.7. The Labute approximate surface area is 226 Å². The zero-order chi connectivity index (χ0) is 26.8. The molecule has 196 valence electrons. The fraction of sp³-hybridized carbons (Fsp3) is 0.382. The number of aryl methyl sites for hydroxylation is 3. The number of likely N-dealkylation sites (tertiary alicyclic amines) is 1. The smallest absolute Gasteiger partial charge is 0.176 e. The van der Waals surface area contributed by atoms with E-state index in [2.05, 4.69) is 29.2 Å². The van der Waals surface area contributed by atoms with Gasteiger partial charge in [-0.15, -0.1) is 0 Å². The predicted molar refractivity (Wildman–Crippen MR) is 152 cm³/mol. The molecule has 0 N–H and O–H groups in total. The number of rotatable bonds is 7. The maximum atomic E-state index is 13.4. The summed E-state index contributed by atoms with van der Waals surface area (Å²) < 4.78 is 0. The molecule has 2 unspecified atom stereocenters. The SMILES string of the molecule is Cc1cc(C)c(C2C(=O)CC(CC3CCN(CC(=O)c4ccc(-c5ccccc5)cc4)CC3)C2=O)c(C)c1. The van der Waals surface area contributed by atoms with E-state index in [1.807, 2.05) is 63.2 Å². The number of benzene rings is 3. The van der Waals surface area contributed by atoms with Crippen molar-refractivity contribution in [2.24, 2.45) is 11.8 Å². The molecule has 3 aromatic carbocycles. The van der Waals surface area contributed by atoms with E-state index >= 15 is 0 Å². The first-order valence-electron chi connectivity index (χ1n) is 13.9. The molecule has 4 heteroatoms. The lowest BCUT2D eigenvalue weighted by Gasteiger charge is -2.32. The van der Waals surface area contributed by atoms with E-state index in [9.17, 15) is 14.4 Å². The topological polar surface area (TPSA) is 54.5 Å². The molecule has 2 aliphatic rings. The summed E-state index contributed by atoms with van der Waals surface area (Å²) in [5, 5.41) is 0. The van der Waals surface area contributed by atoms with E-state index in [1.165, 1.54) is 0 Å². The summed E-state index contributed by atoms with van der Waals surface area (Å²) in [5.74, 6) is -0.00277. The average Bonchev–Trinajstić information content (AvgIpc) is 3.17. The summed E-state index contributed by atoms with van der Waals surface area (Å²) >= 11 is 0. The number of Topliss-reactive ketones (excluding diaryl/α,β-unsaturated/α-hetero) is 3. The third-order valence-electron chi connectivity index (χ3n) is 8.49. The average molecular weight is 508 g/mol. The summed E-state index contributed by atoms with van der Waals surface area (Å²) in [7, 11) is 0. The minimum atomic E-state index is -0.591. The Balaban J connectivity index is 1.14. The van der Waals surface area contributed by atoms with E-state index in [0.717, 1.165) is 71.3 Å². The van der Waals surface area contributed by atoms with Gasteiger partial charge in [-0.25, -0.2) is 0 Å². The molecule has 0 radical (unpaired) electrons. The lowest BCUT2D eigenvalue weighted by atomic mass is 9.83. The maximum absolute atomic E-state index is 13.4. The molecule has 38 heavy (non-hydrogen) atoms. The normalized spacial score (nSPS) is 20.7. The van der Waals surface area contributed by atoms with Crippen LogP contribution in [0.5, 0.6) is 0 Å². The van der Waals surface area contributed by atoms with Gasteiger partial charge in [-0.1, -0.05) is 72.3 Å². The third kappa shape index (κ3) is 5.56. The van der Waals surface area contributed by atoms with Gasteiger partial charge in [0, 0.05) is 17.9 Å². The van der Waals surface area contributed by atoms with Crippen LogP contribution in [-0.4, -0.2) is 41.9 Å². The molecule has 4 nitrogen and oxygen atoms in total. The van der Waals surface area contributed by atoms with Crippen LogP contribution in [0.1, 0.15) is 64.2 Å². The van der Waals surface area contributed by atoms with Gasteiger partial charge in [0.15, 0.2) is 11.6 Å². The highest BCUT2D eigenvalue weighted by Crippen LogP contribution is 2.40. The minimum Gasteiger partial charge on any atom is -0.298 e. The van der Waals surface area contributed by atoms with Gasteiger partial charge >= 0.3 is 0 Å². The van der Waals surface area contributed by atoms with E-state index in [-0.39, 0.29) is 23.3 Å². The fourth-order valence-electron chi connectivity index (χ4n) is 6.56. The monoisotopic (exact) mass is 507 g/mol. The molecule has 5 rings (SSSR count). The van der Waals surface area contributed by atoms with Crippen LogP contribution in [0.4, 0.5) is 0 Å². The fourth-order valence-corrected chi connectivity index (χ4v) is 6.56. The Morgan fingerprint density at radius 3 is 2.08 bits per heavy atom. The van der Waals surface area contributed by atoms with Gasteiger partial charge in [0.2, 0.25) is 0 Å². The van der Waals surface area contributed by atoms with E-state index < -0.39 is 5.92 Å². The first-order valence-corrected chi connectivity index (χ1v) is 13.9. The van der Waals surface area contributed by atoms with Crippen molar-refractivity contribution in [3.63, 3.8) is 0 Å². The summed E-state index contributed by atoms with van der Waals surface area (Å²) in [5.41, 5.74) is 7.18. The molecule has 1 aliphatic carbocycles. The van der Waals surface area contributed by atoms with Gasteiger partial charge in [0.1, 0.15) is 11.7 Å². The quantitative estimate of drug-likeness (QED) is 0.270. The Morgan fingerprint density at radius 2 is 1.45 bits per heavy atom. The first kappa shape index (κ1) is 26.2. The predicted octanol–water partition coefficient (Wildman–Crippen LogP) is 6.51. The summed E-state index contributed by atoms with van der Waals surface area (Å²) in [6.45, 7) is 8.20. The standard InChI is InChI=1S/C34H37NO3/c1-22-17-23(2)32(24(3)18-22)33-30(36)20-29(34(33)38)19-25-13-15-35(16-14-25)21-31(37)28-11-9-27(10-12-28)26-7-5-4-6-8-26/h4-12,17-18,25,29,33H,13-16,19-21H2,1-3H3. The van der Waals surface area contributed by atoms with Gasteiger partial charge in [-0.3, -0.25) is 19.3 Å². The third-order valence-corrected chi connectivity index (χ3v) is 8.49. The highest BCUT2D eigenvalue weighted by atomic mass is 16.2. The Bertz CT molecular complexity index is 1310. The lowest BCUT2D eigenvalue weighted by molar-refractivity contribution is -0.125. The van der Waals surface area contributed by atoms with Crippen molar-refractivity contribution in [2.45, 2.75) is 52.4 Å². The number of ketones is 3. The molecule has 0 amide bonds. The molecule has 1 heterocycles. The zero-order valence-electron chi connectivity index (χ0n) is 22.7. The largest absolute Gasteiger partial charge is 0.298 e. The molecule has 0 spiro atoms. The number of hydrogen-bond donors (Lipinski definition) is 0. The highest BCUT2D eigenvalue weighted by Gasteiger charge is 2.44. The molecule has 1 saturated heterocycles. The van der Waals surface area contributed by atoms with Crippen LogP contribution in [0.3, 0.4) is 0 Å². The van der Waals surface area contributed by atoms with Crippen molar-refractivity contribution in [1.82, 2.24) is 4.90 Å². The molecule has 0 bridgehead atoms. The molecule has 1 aliphatic heterocycles. The second-order valence-electron chi connectivity index (χ2n) is 11.3. The molecule has 0 aromatic heterocycles. The second kappa shape index (κ2) is 11.2. The second-order valence-corrected chi connectivity index (χ2v) is 11.3. The number of carbonyl (C=O) groups excluding carboxylic acids is 3. The summed E-state index contributed by atoms with van der Waals surface area (Å²) in [6.07, 6.45) is 3.08. The van der Waals surface area contributed by atoms with Crippen molar-refractivity contribution in [1.29, 1.82) is 0 Å². The Morgan fingerprint density at radius 1 is 0.842 bits per heavy atom. The molecular weight excluding hydrogens is 470 g/mol. The molecule has 1 saturated carbocycles. The summed E-state index contributed by atoms with van der Waals surface area (Å²) in [6, 6.07) is 22.2. The van der Waals surface area contributed by atoms with Crippen LogP contribution in [0, 0.1) is 32.6 Å². The first-order chi connectivity index (χ1) is 18.3. The van der Waals surface area contributed by atoms with Crippen molar-refractivity contribution >= 4 is 17.3 Å². The Kier molecular flexibility index (Phi) is 7.71. The molecule has 2 atom stereocenters. The van der Waals surface area contributed by atoms with Crippen molar-refractivity contribution in [2.75, 3.05) is 19.6 Å². The van der Waals surface area contributed by atoms with Crippen LogP contribution in [0.15, 0.2) is 66.7 Å². The van der Waals surface area contributed by atoms with Crippen LogP contribution < -0.4 is 0 Å². The molecule has 3 aromatic rings. The van der Waals surface area contributed by atoms with Crippen LogP contribution in [0.25, 0.3) is 11.1 Å². The van der Waals surface area contributed by atoms with Crippen LogP contribution >= 0.6 is 0 Å². The molecular formula is C34H37NO3. The number of carbonyl (C=O) groups is 3. The van der Waals surface area contributed by atoms with Crippen LogP contribution in [-0.2, 0) is 9.59 Å². The van der Waals surface area contributed by atoms with Gasteiger partial charge in [0.25, 0.3) is 0 Å². The number of nitrogens with zero attached hydrogens (tertiary/aromatic N) is 1. The van der Waals surface area contributed by atoms with Crippen molar-refractivity contribution in [3.05, 3.63) is 94.5 Å². The number of hydrogen-bond acceptors (Lipinski definition) is 4. The Hall–Kier alpha value is -3.37. The lowest BCUT2D eigenvalue weighted by Crippen LogP contribution is -2.38. The van der Waals surface area contributed by atoms with E-state index in [4.69, 9.17) is 0 Å². The van der Waals surface area contributed by atoms with Crippen molar-refractivity contribution < 1.29 is 14.4 Å². The number of piperidine rings is 1. The van der Waals surface area contributed by atoms with Crippen LogP contribution in [0.2, 0.25) is 0 Å². The van der Waals surface area contributed by atoms with E-state index in [0.29, 0.717) is 18.9 Å². The maximum Gasteiger partial charge on any atom is 0.176 e. The van der Waals surface area contributed by atoms with E-state index in [1.54, 1.807) is 0 Å². The highest BCUT2D eigenvalue weighted by molar-refractivity contribution is 6.15. The van der Waals surface area contributed by atoms with Gasteiger partial charge < -0.3 is 0 Å². The van der Waals surface area contributed by atoms with Gasteiger partial charge in [0.05, 0.1) is 6.54 Å².